The fourth-order valence-electron chi connectivity index (χ4n) is 4.36. The van der Waals surface area contributed by atoms with Crippen molar-refractivity contribution < 1.29 is 29.0 Å². The van der Waals surface area contributed by atoms with Gasteiger partial charge in [-0.3, -0.25) is 0 Å². The summed E-state index contributed by atoms with van der Waals surface area (Å²) in [7, 11) is 1.47. The highest BCUT2D eigenvalue weighted by Crippen LogP contribution is 2.26. The Labute approximate surface area is 273 Å². The fraction of sp³-hybridized carbons (Fsp3) is 0.419. The third-order valence-electron chi connectivity index (χ3n) is 6.77. The van der Waals surface area contributed by atoms with Gasteiger partial charge in [0.1, 0.15) is 12.1 Å². The summed E-state index contributed by atoms with van der Waals surface area (Å²) >= 11 is 6.39. The van der Waals surface area contributed by atoms with Crippen LogP contribution in [0, 0.1) is 10.1 Å². The summed E-state index contributed by atoms with van der Waals surface area (Å²) in [5, 5.41) is 12.7. The molecular weight excluding hydrogens is 618 g/mol. The van der Waals surface area contributed by atoms with Crippen LogP contribution in [0.15, 0.2) is 53.6 Å². The summed E-state index contributed by atoms with van der Waals surface area (Å²) in [5.41, 5.74) is 6.39. The van der Waals surface area contributed by atoms with E-state index in [1.807, 2.05) is 53.1 Å². The topological polar surface area (TPSA) is 199 Å². The molecule has 1 aromatic heterocycles. The first kappa shape index (κ1) is 37.7. The molecule has 2 aromatic carbocycles. The normalized spacial score (nSPS) is 11.6. The van der Waals surface area contributed by atoms with Crippen molar-refractivity contribution in [3.8, 4) is 11.1 Å². The molecule has 0 aliphatic heterocycles. The van der Waals surface area contributed by atoms with Gasteiger partial charge in [-0.1, -0.05) is 79.9 Å². The number of ether oxygens (including phenoxy) is 2. The molecule has 3 aromatic rings. The second-order valence-electron chi connectivity index (χ2n) is 10.0. The molecule has 0 saturated carbocycles. The average molecular weight is 660 g/mol. The highest BCUT2D eigenvalue weighted by atomic mass is 35.5. The number of esters is 1. The van der Waals surface area contributed by atoms with Crippen LogP contribution in [-0.2, 0) is 32.1 Å². The molecule has 0 bridgehead atoms. The number of aryl methyl sites for hydroxylation is 1. The molecule has 0 amide bonds. The number of methoxy groups -OCH3 is 1. The van der Waals surface area contributed by atoms with Crippen LogP contribution in [0.1, 0.15) is 79.8 Å². The Morgan fingerprint density at radius 2 is 1.89 bits per heavy atom. The van der Waals surface area contributed by atoms with E-state index in [1.54, 1.807) is 6.92 Å². The minimum Gasteiger partial charge on any atom is -0.431 e. The molecule has 0 aliphatic rings. The Hall–Kier alpha value is -4.53. The third kappa shape index (κ3) is 11.8. The minimum absolute atomic E-state index is 0.123. The van der Waals surface area contributed by atoms with Crippen molar-refractivity contribution in [3.63, 3.8) is 0 Å². The van der Waals surface area contributed by atoms with Gasteiger partial charge in [0.25, 0.3) is 5.09 Å². The Bertz CT molecular complexity index is 1430. The standard InChI is InChI=1S/C25H31ClN6O3.C6H11NO4/c1-4-5-10-21-29-23(26)22(25(33)35-16(2)34-3)32(21)15-17-11-13-18(14-12-17)19-8-6-7-9-20(19)24(30-27)31-28;8-5-3-1-2-4-6-11-7(9)10/h6-9,11-14,16H,4-5,10,15,27-28H2,1-3H3,(H,30,31);5H,1-4,6H2. The van der Waals surface area contributed by atoms with E-state index in [-0.39, 0.29) is 17.5 Å². The van der Waals surface area contributed by atoms with Crippen molar-refractivity contribution in [1.29, 1.82) is 0 Å². The summed E-state index contributed by atoms with van der Waals surface area (Å²) < 4.78 is 12.2. The van der Waals surface area contributed by atoms with E-state index < -0.39 is 17.3 Å². The summed E-state index contributed by atoms with van der Waals surface area (Å²) in [6.07, 6.45) is 5.49. The Morgan fingerprint density at radius 3 is 2.50 bits per heavy atom. The number of hydrogen-bond donors (Lipinski definition) is 3. The van der Waals surface area contributed by atoms with E-state index in [4.69, 9.17) is 32.8 Å². The number of halogens is 1. The van der Waals surface area contributed by atoms with Gasteiger partial charge in [-0.25, -0.2) is 15.6 Å². The van der Waals surface area contributed by atoms with E-state index in [1.165, 1.54) is 7.11 Å². The SMILES string of the molecule is CCCCc1nc(Cl)c(C(=O)OC(C)OC)n1Cc1ccc(-c2ccccc2/C(=N/N)NN)cc1.O=CCCCCCO[N+](=O)[O-]. The molecule has 0 saturated heterocycles. The van der Waals surface area contributed by atoms with Gasteiger partial charge in [0.15, 0.2) is 23.0 Å². The molecule has 5 N–H and O–H groups in total. The average Bonchev–Trinajstić information content (AvgIpc) is 3.37. The van der Waals surface area contributed by atoms with Crippen LogP contribution in [-0.4, -0.2) is 52.7 Å². The number of hydrogen-bond acceptors (Lipinski definition) is 11. The van der Waals surface area contributed by atoms with Gasteiger partial charge in [0.05, 0.1) is 6.61 Å². The van der Waals surface area contributed by atoms with E-state index in [0.717, 1.165) is 60.0 Å². The summed E-state index contributed by atoms with van der Waals surface area (Å²) in [5.74, 6) is 11.6. The number of amidine groups is 1. The van der Waals surface area contributed by atoms with Gasteiger partial charge >= 0.3 is 5.97 Å². The Kier molecular flexibility index (Phi) is 16.8. The molecule has 0 radical (unpaired) electrons. The van der Waals surface area contributed by atoms with E-state index in [2.05, 4.69) is 27.3 Å². The maximum Gasteiger partial charge on any atom is 0.360 e. The molecule has 14 nitrogen and oxygen atoms in total. The number of imidazole rings is 1. The Balaban J connectivity index is 0.000000572. The van der Waals surface area contributed by atoms with Crippen molar-refractivity contribution >= 4 is 29.7 Å². The van der Waals surface area contributed by atoms with Crippen molar-refractivity contribution in [2.45, 2.75) is 71.6 Å². The van der Waals surface area contributed by atoms with Crippen molar-refractivity contribution in [2.75, 3.05) is 13.7 Å². The number of nitrogens with zero attached hydrogens (tertiary/aromatic N) is 4. The lowest BCUT2D eigenvalue weighted by molar-refractivity contribution is -0.757. The zero-order valence-corrected chi connectivity index (χ0v) is 27.1. The molecule has 15 heteroatoms. The first-order chi connectivity index (χ1) is 22.2. The summed E-state index contributed by atoms with van der Waals surface area (Å²) in [6.45, 7) is 4.28. The number of hydrazone groups is 1. The summed E-state index contributed by atoms with van der Waals surface area (Å²) in [6, 6.07) is 15.7. The van der Waals surface area contributed by atoms with Crippen LogP contribution in [0.25, 0.3) is 11.1 Å². The number of carbonyl (C=O) groups excluding carboxylic acids is 2. The number of nitrogens with one attached hydrogen (secondary N) is 1. The predicted octanol–water partition coefficient (Wildman–Crippen LogP) is 4.78. The van der Waals surface area contributed by atoms with Gasteiger partial charge in [-0.2, -0.15) is 5.10 Å². The number of unbranched alkanes of at least 4 members (excludes halogenated alkanes) is 4. The van der Waals surface area contributed by atoms with Crippen LogP contribution in [0.4, 0.5) is 0 Å². The van der Waals surface area contributed by atoms with Crippen molar-refractivity contribution in [2.24, 2.45) is 16.8 Å². The lowest BCUT2D eigenvalue weighted by Crippen LogP contribution is -2.32. The van der Waals surface area contributed by atoms with Gasteiger partial charge in [-0.15, -0.1) is 10.1 Å². The number of aromatic nitrogens is 2. The first-order valence-electron chi connectivity index (χ1n) is 14.8. The first-order valence-corrected chi connectivity index (χ1v) is 15.2. The van der Waals surface area contributed by atoms with Crippen LogP contribution < -0.4 is 17.1 Å². The molecule has 0 spiro atoms. The molecule has 250 valence electrons. The highest BCUT2D eigenvalue weighted by Gasteiger charge is 2.25. The number of aldehydes is 1. The molecule has 1 atom stereocenters. The van der Waals surface area contributed by atoms with Crippen LogP contribution in [0.5, 0.6) is 0 Å². The quantitative estimate of drug-likeness (QED) is 0.0207. The van der Waals surface area contributed by atoms with E-state index in [9.17, 15) is 19.7 Å². The molecule has 0 aliphatic carbocycles. The second-order valence-corrected chi connectivity index (χ2v) is 10.4. The highest BCUT2D eigenvalue weighted by molar-refractivity contribution is 6.32. The largest absolute Gasteiger partial charge is 0.431 e. The number of rotatable bonds is 17. The van der Waals surface area contributed by atoms with E-state index in [0.29, 0.717) is 31.6 Å². The number of carbonyl (C=O) groups is 2. The number of hydrazine groups is 1. The monoisotopic (exact) mass is 659 g/mol. The molecule has 1 heterocycles. The van der Waals surface area contributed by atoms with Crippen molar-refractivity contribution in [3.05, 3.63) is 86.4 Å². The van der Waals surface area contributed by atoms with Gasteiger partial charge < -0.3 is 34.9 Å². The van der Waals surface area contributed by atoms with E-state index >= 15 is 0 Å². The van der Waals surface area contributed by atoms with Crippen LogP contribution in [0.2, 0.25) is 5.15 Å². The van der Waals surface area contributed by atoms with Gasteiger partial charge in [0.2, 0.25) is 0 Å². The molecule has 0 fully saturated rings. The number of benzene rings is 2. The smallest absolute Gasteiger partial charge is 0.360 e. The molecule has 46 heavy (non-hydrogen) atoms. The summed E-state index contributed by atoms with van der Waals surface area (Å²) in [4.78, 5) is 40.8. The van der Waals surface area contributed by atoms with Crippen LogP contribution >= 0.6 is 11.6 Å². The van der Waals surface area contributed by atoms with Crippen LogP contribution in [0.3, 0.4) is 0 Å². The lowest BCUT2D eigenvalue weighted by Gasteiger charge is -2.15. The second kappa shape index (κ2) is 20.5. The predicted molar refractivity (Wildman–Crippen MR) is 174 cm³/mol. The number of nitrogens with two attached hydrogens (primary N) is 2. The van der Waals surface area contributed by atoms with Crippen molar-refractivity contribution in [1.82, 2.24) is 15.0 Å². The Morgan fingerprint density at radius 1 is 1.17 bits per heavy atom. The lowest BCUT2D eigenvalue weighted by atomic mass is 9.98. The zero-order chi connectivity index (χ0) is 33.9. The molecular formula is C31H42ClN7O7. The fourth-order valence-corrected chi connectivity index (χ4v) is 4.63. The minimum atomic E-state index is -0.806. The zero-order valence-electron chi connectivity index (χ0n) is 26.3. The third-order valence-corrected chi connectivity index (χ3v) is 7.04. The van der Waals surface area contributed by atoms with Gasteiger partial charge in [-0.05, 0) is 42.9 Å². The maximum absolute atomic E-state index is 12.8. The van der Waals surface area contributed by atoms with Gasteiger partial charge in [0, 0.05) is 32.1 Å². The molecule has 3 rings (SSSR count). The maximum atomic E-state index is 12.8. The molecule has 1 unspecified atom stereocenters.